The molecular weight excluding hydrogens is 935 g/mol. The number of aliphatic hydroxyl groups is 2. The summed E-state index contributed by atoms with van der Waals surface area (Å²) in [6, 6.07) is -0.554. The van der Waals surface area contributed by atoms with Crippen LogP contribution in [0.4, 0.5) is 0 Å². The van der Waals surface area contributed by atoms with Crippen molar-refractivity contribution in [1.82, 2.24) is 5.32 Å². The van der Waals surface area contributed by atoms with Gasteiger partial charge in [0.1, 0.15) is 0 Å². The second-order valence-electron chi connectivity index (χ2n) is 23.5. The Morgan fingerprint density at radius 2 is 0.658 bits per heavy atom. The van der Waals surface area contributed by atoms with E-state index in [0.717, 1.165) is 64.2 Å². The number of aliphatic hydroxyl groups excluding tert-OH is 2. The zero-order valence-corrected chi connectivity index (χ0v) is 51.3. The van der Waals surface area contributed by atoms with E-state index in [1.165, 1.54) is 276 Å². The number of carbonyl (C=O) groups is 2. The minimum atomic E-state index is -0.675. The number of carbonyl (C=O) groups excluding carboxylic acids is 2. The summed E-state index contributed by atoms with van der Waals surface area (Å²) in [6.07, 6.45) is 83.1. The molecule has 2 unspecified atom stereocenters. The molecule has 2 atom stereocenters. The van der Waals surface area contributed by atoms with Gasteiger partial charge < -0.3 is 20.3 Å². The normalized spacial score (nSPS) is 12.7. The molecular formula is C70H133NO5. The van der Waals surface area contributed by atoms with Gasteiger partial charge in [0.15, 0.2) is 0 Å². The molecule has 0 saturated heterocycles. The molecule has 6 heteroatoms. The molecule has 0 radical (unpaired) electrons. The van der Waals surface area contributed by atoms with Crippen LogP contribution in [0.3, 0.4) is 0 Å². The molecule has 0 spiro atoms. The maximum Gasteiger partial charge on any atom is 0.305 e. The SMILES string of the molecule is CCCCC/C=C\C/C=C\CCCCCCCCCCCC(=O)OCCCCCCCCCCC/C=C\CCCCCCCC(=O)NC(CO)C(O)CCCCCCCCCCCCCCCCCCCCCCCC. The van der Waals surface area contributed by atoms with Crippen LogP contribution in [0.1, 0.15) is 373 Å². The topological polar surface area (TPSA) is 95.9 Å². The minimum absolute atomic E-state index is 0.0000333. The van der Waals surface area contributed by atoms with Gasteiger partial charge >= 0.3 is 5.97 Å². The standard InChI is InChI=1S/C70H133NO5/c1-3-5-7-9-11-13-15-17-19-21-23-24-25-27-30-34-38-42-46-50-54-58-62-68(73)67(66-72)71-69(74)63-59-55-51-47-43-39-35-31-28-29-33-37-41-45-49-53-57-61-65-76-70(75)64-60-56-52-48-44-40-36-32-26-22-20-18-16-14-12-10-8-6-4-2/h12,14,18,20,31,35,67-68,72-73H,3-11,13,15-17,19,21-30,32-34,36-66H2,1-2H3,(H,71,74)/b14-12-,20-18-,35-31-. The number of allylic oxidation sites excluding steroid dienone is 6. The number of rotatable bonds is 64. The second-order valence-corrected chi connectivity index (χ2v) is 23.5. The molecule has 0 aliphatic heterocycles. The molecule has 0 bridgehead atoms. The van der Waals surface area contributed by atoms with Gasteiger partial charge in [-0.15, -0.1) is 0 Å². The summed E-state index contributed by atoms with van der Waals surface area (Å²) in [5, 5.41) is 23.4. The van der Waals surface area contributed by atoms with E-state index in [9.17, 15) is 19.8 Å². The van der Waals surface area contributed by atoms with Crippen molar-refractivity contribution in [3.63, 3.8) is 0 Å². The molecule has 3 N–H and O–H groups in total. The first kappa shape index (κ1) is 74.1. The van der Waals surface area contributed by atoms with Crippen LogP contribution in [0.5, 0.6) is 0 Å². The zero-order valence-electron chi connectivity index (χ0n) is 51.3. The van der Waals surface area contributed by atoms with Crippen molar-refractivity contribution in [2.75, 3.05) is 13.2 Å². The third kappa shape index (κ3) is 61.3. The lowest BCUT2D eigenvalue weighted by Crippen LogP contribution is -2.45. The fraction of sp³-hybridized carbons (Fsp3) is 0.886. The number of esters is 1. The smallest absolute Gasteiger partial charge is 0.305 e. The van der Waals surface area contributed by atoms with Crippen molar-refractivity contribution in [2.24, 2.45) is 0 Å². The van der Waals surface area contributed by atoms with Gasteiger partial charge in [0.2, 0.25) is 5.91 Å². The van der Waals surface area contributed by atoms with E-state index in [4.69, 9.17) is 4.74 Å². The van der Waals surface area contributed by atoms with Crippen molar-refractivity contribution >= 4 is 11.9 Å². The lowest BCUT2D eigenvalue weighted by Gasteiger charge is -2.22. The Morgan fingerprint density at radius 3 is 1.04 bits per heavy atom. The van der Waals surface area contributed by atoms with E-state index in [1.807, 2.05) is 0 Å². The highest BCUT2D eigenvalue weighted by Crippen LogP contribution is 2.18. The van der Waals surface area contributed by atoms with Gasteiger partial charge in [-0.1, -0.05) is 314 Å². The fourth-order valence-corrected chi connectivity index (χ4v) is 10.7. The summed E-state index contributed by atoms with van der Waals surface area (Å²) in [7, 11) is 0. The third-order valence-electron chi connectivity index (χ3n) is 15.9. The van der Waals surface area contributed by atoms with Gasteiger partial charge in [0, 0.05) is 12.8 Å². The Labute approximate surface area is 474 Å². The largest absolute Gasteiger partial charge is 0.466 e. The highest BCUT2D eigenvalue weighted by Gasteiger charge is 2.20. The van der Waals surface area contributed by atoms with Crippen molar-refractivity contribution in [3.05, 3.63) is 36.5 Å². The average Bonchev–Trinajstić information content (AvgIpc) is 3.42. The first-order valence-electron chi connectivity index (χ1n) is 34.2. The molecule has 0 aliphatic carbocycles. The number of amides is 1. The molecule has 0 aliphatic rings. The number of hydrogen-bond acceptors (Lipinski definition) is 5. The molecule has 1 amide bonds. The predicted molar refractivity (Wildman–Crippen MR) is 333 cm³/mol. The van der Waals surface area contributed by atoms with Crippen LogP contribution in [0.2, 0.25) is 0 Å². The number of unbranched alkanes of at least 4 members (excludes halogenated alkanes) is 47. The first-order chi connectivity index (χ1) is 37.5. The zero-order chi connectivity index (χ0) is 55.0. The van der Waals surface area contributed by atoms with Crippen LogP contribution in [0, 0.1) is 0 Å². The molecule has 0 heterocycles. The first-order valence-corrected chi connectivity index (χ1v) is 34.2. The number of nitrogens with one attached hydrogen (secondary N) is 1. The van der Waals surface area contributed by atoms with Gasteiger partial charge in [0.25, 0.3) is 0 Å². The summed E-state index contributed by atoms with van der Waals surface area (Å²) in [5.74, 6) is -0.0459. The van der Waals surface area contributed by atoms with Crippen LogP contribution in [0.15, 0.2) is 36.5 Å². The highest BCUT2D eigenvalue weighted by atomic mass is 16.5. The monoisotopic (exact) mass is 1070 g/mol. The quantitative estimate of drug-likeness (QED) is 0.0320. The summed E-state index contributed by atoms with van der Waals surface area (Å²) in [4.78, 5) is 24.6. The van der Waals surface area contributed by atoms with Gasteiger partial charge in [0.05, 0.1) is 25.4 Å². The third-order valence-corrected chi connectivity index (χ3v) is 15.9. The van der Waals surface area contributed by atoms with E-state index >= 15 is 0 Å². The molecule has 448 valence electrons. The van der Waals surface area contributed by atoms with E-state index in [-0.39, 0.29) is 18.5 Å². The summed E-state index contributed by atoms with van der Waals surface area (Å²) in [6.45, 7) is 4.94. The van der Waals surface area contributed by atoms with Crippen LogP contribution in [-0.2, 0) is 14.3 Å². The second kappa shape index (κ2) is 65.6. The van der Waals surface area contributed by atoms with Crippen LogP contribution >= 0.6 is 0 Å². The van der Waals surface area contributed by atoms with Crippen LogP contribution in [0.25, 0.3) is 0 Å². The van der Waals surface area contributed by atoms with Gasteiger partial charge in [-0.3, -0.25) is 9.59 Å². The maximum absolute atomic E-state index is 12.5. The molecule has 0 rings (SSSR count). The molecule has 0 fully saturated rings. The summed E-state index contributed by atoms with van der Waals surface area (Å²) in [5.41, 5.74) is 0. The highest BCUT2D eigenvalue weighted by molar-refractivity contribution is 5.76. The Hall–Kier alpha value is -1.92. The number of ether oxygens (including phenoxy) is 1. The summed E-state index contributed by atoms with van der Waals surface area (Å²) >= 11 is 0. The van der Waals surface area contributed by atoms with Crippen molar-refractivity contribution < 1.29 is 24.5 Å². The Kier molecular flexibility index (Phi) is 63.9. The Morgan fingerprint density at radius 1 is 0.368 bits per heavy atom. The Balaban J connectivity index is 3.43. The van der Waals surface area contributed by atoms with Gasteiger partial charge in [-0.2, -0.15) is 0 Å². The van der Waals surface area contributed by atoms with E-state index < -0.39 is 12.1 Å². The van der Waals surface area contributed by atoms with Crippen LogP contribution < -0.4 is 5.32 Å². The molecule has 0 aromatic carbocycles. The minimum Gasteiger partial charge on any atom is -0.466 e. The lowest BCUT2D eigenvalue weighted by molar-refractivity contribution is -0.143. The van der Waals surface area contributed by atoms with E-state index in [0.29, 0.717) is 25.9 Å². The number of hydrogen-bond donors (Lipinski definition) is 3. The molecule has 0 aromatic rings. The average molecular weight is 1070 g/mol. The molecule has 6 nitrogen and oxygen atoms in total. The summed E-state index contributed by atoms with van der Waals surface area (Å²) < 4.78 is 5.50. The van der Waals surface area contributed by atoms with Crippen molar-refractivity contribution in [1.29, 1.82) is 0 Å². The molecule has 0 aromatic heterocycles. The van der Waals surface area contributed by atoms with Gasteiger partial charge in [-0.05, 0) is 83.5 Å². The molecule has 76 heavy (non-hydrogen) atoms. The van der Waals surface area contributed by atoms with Gasteiger partial charge in [-0.25, -0.2) is 0 Å². The molecule has 0 saturated carbocycles. The van der Waals surface area contributed by atoms with Crippen LogP contribution in [-0.4, -0.2) is 47.4 Å². The lowest BCUT2D eigenvalue weighted by atomic mass is 10.0. The van der Waals surface area contributed by atoms with E-state index in [2.05, 4.69) is 55.6 Å². The maximum atomic E-state index is 12.5. The van der Waals surface area contributed by atoms with E-state index in [1.54, 1.807) is 0 Å². The fourth-order valence-electron chi connectivity index (χ4n) is 10.7. The van der Waals surface area contributed by atoms with Crippen molar-refractivity contribution in [3.8, 4) is 0 Å². The predicted octanol–water partition coefficient (Wildman–Crippen LogP) is 21.9. The Bertz CT molecular complexity index is 1230. The van der Waals surface area contributed by atoms with Crippen molar-refractivity contribution in [2.45, 2.75) is 386 Å².